The first kappa shape index (κ1) is 23.4. The molecule has 3 rings (SSSR count). The highest BCUT2D eigenvalue weighted by molar-refractivity contribution is 14.0. The van der Waals surface area contributed by atoms with E-state index in [-0.39, 0.29) is 36.0 Å². The minimum atomic E-state index is -0.0415. The van der Waals surface area contributed by atoms with E-state index in [1.807, 2.05) is 24.3 Å². The van der Waals surface area contributed by atoms with Gasteiger partial charge >= 0.3 is 0 Å². The second-order valence-electron chi connectivity index (χ2n) is 6.89. The van der Waals surface area contributed by atoms with Gasteiger partial charge in [-0.25, -0.2) is 4.98 Å². The minimum Gasteiger partial charge on any atom is -0.497 e. The van der Waals surface area contributed by atoms with Crippen molar-refractivity contribution in [3.8, 4) is 17.1 Å². The molecule has 4 N–H and O–H groups in total. The third kappa shape index (κ3) is 6.28. The van der Waals surface area contributed by atoms with Crippen molar-refractivity contribution in [3.63, 3.8) is 0 Å². The number of aliphatic hydroxyl groups excluding tert-OH is 1. The summed E-state index contributed by atoms with van der Waals surface area (Å²) in [5, 5.41) is 23.1. The first-order valence-electron chi connectivity index (χ1n) is 9.37. The molecule has 0 bridgehead atoms. The molecule has 29 heavy (non-hydrogen) atoms. The van der Waals surface area contributed by atoms with Crippen LogP contribution in [0.2, 0.25) is 0 Å². The third-order valence-corrected chi connectivity index (χ3v) is 4.98. The number of H-pyrrole nitrogens is 1. The second kappa shape index (κ2) is 11.3. The molecule has 1 saturated heterocycles. The third-order valence-electron chi connectivity index (χ3n) is 4.98. The fraction of sp³-hybridized carbons (Fsp3) is 0.526. The van der Waals surface area contributed by atoms with Gasteiger partial charge in [0.1, 0.15) is 11.6 Å². The van der Waals surface area contributed by atoms with Gasteiger partial charge < -0.3 is 25.2 Å². The summed E-state index contributed by atoms with van der Waals surface area (Å²) in [6.07, 6.45) is 1.65. The van der Waals surface area contributed by atoms with E-state index in [0.29, 0.717) is 43.7 Å². The number of aromatic amines is 1. The van der Waals surface area contributed by atoms with E-state index in [1.165, 1.54) is 0 Å². The SMILES string of the molecule is CN=C(NCc1nc(-c2ccc(OC)cc2)n[nH]1)NCC1(CCO)CCOC1.I. The van der Waals surface area contributed by atoms with Crippen molar-refractivity contribution in [2.75, 3.05) is 40.5 Å². The molecule has 1 fully saturated rings. The maximum atomic E-state index is 9.34. The number of aliphatic imine (C=N–C) groups is 1. The van der Waals surface area contributed by atoms with Gasteiger partial charge in [0.25, 0.3) is 0 Å². The zero-order valence-electron chi connectivity index (χ0n) is 16.8. The van der Waals surface area contributed by atoms with Gasteiger partial charge in [-0.3, -0.25) is 10.1 Å². The van der Waals surface area contributed by atoms with Crippen molar-refractivity contribution in [2.45, 2.75) is 19.4 Å². The summed E-state index contributed by atoms with van der Waals surface area (Å²) in [5.74, 6) is 2.81. The molecule has 0 radical (unpaired) electrons. The summed E-state index contributed by atoms with van der Waals surface area (Å²) < 4.78 is 10.7. The van der Waals surface area contributed by atoms with E-state index in [2.05, 4.69) is 30.8 Å². The van der Waals surface area contributed by atoms with E-state index in [1.54, 1.807) is 14.2 Å². The van der Waals surface area contributed by atoms with Gasteiger partial charge in [0.15, 0.2) is 11.8 Å². The van der Waals surface area contributed by atoms with Gasteiger partial charge in [0.2, 0.25) is 0 Å². The molecule has 0 saturated carbocycles. The van der Waals surface area contributed by atoms with E-state index in [4.69, 9.17) is 9.47 Å². The summed E-state index contributed by atoms with van der Waals surface area (Å²) >= 11 is 0. The van der Waals surface area contributed by atoms with Crippen LogP contribution in [0.1, 0.15) is 18.7 Å². The molecule has 10 heteroatoms. The van der Waals surface area contributed by atoms with Crippen LogP contribution in [0, 0.1) is 5.41 Å². The highest BCUT2D eigenvalue weighted by atomic mass is 127. The average molecular weight is 516 g/mol. The quantitative estimate of drug-likeness (QED) is 0.239. The Morgan fingerprint density at radius 1 is 1.34 bits per heavy atom. The zero-order chi connectivity index (χ0) is 19.8. The normalized spacial score (nSPS) is 18.9. The Labute approximate surface area is 187 Å². The molecule has 1 aliphatic heterocycles. The molecular weight excluding hydrogens is 487 g/mol. The standard InChI is InChI=1S/C19H28N6O3.HI/c1-20-18(22-12-19(7-9-26)8-10-28-13-19)21-11-16-23-17(25-24-16)14-3-5-15(27-2)6-4-14;/h3-6,26H,7-13H2,1-2H3,(H2,20,21,22)(H,23,24,25);1H. The van der Waals surface area contributed by atoms with Crippen molar-refractivity contribution >= 4 is 29.9 Å². The molecule has 9 nitrogen and oxygen atoms in total. The number of methoxy groups -OCH3 is 1. The topological polar surface area (TPSA) is 117 Å². The highest BCUT2D eigenvalue weighted by Crippen LogP contribution is 2.31. The molecule has 0 amide bonds. The van der Waals surface area contributed by atoms with Crippen LogP contribution in [0.4, 0.5) is 0 Å². The Hall–Kier alpha value is -1.92. The Morgan fingerprint density at radius 2 is 2.14 bits per heavy atom. The first-order chi connectivity index (χ1) is 13.7. The fourth-order valence-electron chi connectivity index (χ4n) is 3.21. The molecular formula is C19H29IN6O3. The Balaban J connectivity index is 0.00000300. The molecule has 1 aromatic carbocycles. The molecule has 1 unspecified atom stereocenters. The number of aromatic nitrogens is 3. The number of hydrogen-bond donors (Lipinski definition) is 4. The number of hydrogen-bond acceptors (Lipinski definition) is 6. The maximum absolute atomic E-state index is 9.34. The Kier molecular flexibility index (Phi) is 9.11. The minimum absolute atomic E-state index is 0. The van der Waals surface area contributed by atoms with Crippen LogP contribution in [0.5, 0.6) is 5.75 Å². The highest BCUT2D eigenvalue weighted by Gasteiger charge is 2.34. The number of nitrogens with zero attached hydrogens (tertiary/aromatic N) is 3. The smallest absolute Gasteiger partial charge is 0.191 e. The average Bonchev–Trinajstić information content (AvgIpc) is 3.39. The lowest BCUT2D eigenvalue weighted by molar-refractivity contribution is 0.127. The van der Waals surface area contributed by atoms with Gasteiger partial charge in [-0.1, -0.05) is 0 Å². The largest absolute Gasteiger partial charge is 0.497 e. The van der Waals surface area contributed by atoms with E-state index >= 15 is 0 Å². The summed E-state index contributed by atoms with van der Waals surface area (Å²) in [6, 6.07) is 7.60. The van der Waals surface area contributed by atoms with Crippen molar-refractivity contribution in [1.82, 2.24) is 25.8 Å². The molecule has 1 aromatic heterocycles. The van der Waals surface area contributed by atoms with E-state index < -0.39 is 0 Å². The Bertz CT molecular complexity index is 775. The first-order valence-corrected chi connectivity index (χ1v) is 9.37. The summed E-state index contributed by atoms with van der Waals surface area (Å²) in [5.41, 5.74) is 0.873. The molecule has 0 spiro atoms. The van der Waals surface area contributed by atoms with Crippen LogP contribution in [0.25, 0.3) is 11.4 Å². The number of guanidine groups is 1. The van der Waals surface area contributed by atoms with Crippen LogP contribution < -0.4 is 15.4 Å². The van der Waals surface area contributed by atoms with Gasteiger partial charge in [-0.15, -0.1) is 24.0 Å². The predicted molar refractivity (Wildman–Crippen MR) is 122 cm³/mol. The monoisotopic (exact) mass is 516 g/mol. The molecule has 1 atom stereocenters. The van der Waals surface area contributed by atoms with E-state index in [9.17, 15) is 5.11 Å². The molecule has 2 aromatic rings. The number of ether oxygens (including phenoxy) is 2. The Morgan fingerprint density at radius 3 is 2.76 bits per heavy atom. The number of aliphatic hydroxyl groups is 1. The van der Waals surface area contributed by atoms with Crippen molar-refractivity contribution in [3.05, 3.63) is 30.1 Å². The van der Waals surface area contributed by atoms with Gasteiger partial charge in [-0.2, -0.15) is 5.10 Å². The summed E-state index contributed by atoms with van der Waals surface area (Å²) in [6.45, 7) is 2.71. The fourth-order valence-corrected chi connectivity index (χ4v) is 3.21. The van der Waals surface area contributed by atoms with Crippen LogP contribution in [0.15, 0.2) is 29.3 Å². The van der Waals surface area contributed by atoms with Crippen LogP contribution in [-0.4, -0.2) is 66.8 Å². The van der Waals surface area contributed by atoms with Gasteiger partial charge in [-0.05, 0) is 37.1 Å². The summed E-state index contributed by atoms with van der Waals surface area (Å²) in [7, 11) is 3.36. The maximum Gasteiger partial charge on any atom is 0.191 e. The van der Waals surface area contributed by atoms with Crippen molar-refractivity contribution in [2.24, 2.45) is 10.4 Å². The van der Waals surface area contributed by atoms with Crippen molar-refractivity contribution in [1.29, 1.82) is 0 Å². The second-order valence-corrected chi connectivity index (χ2v) is 6.89. The number of rotatable bonds is 8. The van der Waals surface area contributed by atoms with Gasteiger partial charge in [0.05, 0.1) is 20.3 Å². The lowest BCUT2D eigenvalue weighted by Gasteiger charge is -2.27. The molecule has 2 heterocycles. The zero-order valence-corrected chi connectivity index (χ0v) is 19.1. The van der Waals surface area contributed by atoms with Gasteiger partial charge in [0, 0.05) is 37.8 Å². The lowest BCUT2D eigenvalue weighted by atomic mass is 9.84. The van der Waals surface area contributed by atoms with E-state index in [0.717, 1.165) is 24.3 Å². The van der Waals surface area contributed by atoms with Crippen molar-refractivity contribution < 1.29 is 14.6 Å². The predicted octanol–water partition coefficient (Wildman–Crippen LogP) is 1.55. The summed E-state index contributed by atoms with van der Waals surface area (Å²) in [4.78, 5) is 8.77. The number of halogens is 1. The van der Waals surface area contributed by atoms with Crippen LogP contribution in [0.3, 0.4) is 0 Å². The molecule has 160 valence electrons. The van der Waals surface area contributed by atoms with Crippen LogP contribution >= 0.6 is 24.0 Å². The number of benzene rings is 1. The number of nitrogens with one attached hydrogen (secondary N) is 3. The molecule has 1 aliphatic rings. The van der Waals surface area contributed by atoms with Crippen LogP contribution in [-0.2, 0) is 11.3 Å². The molecule has 0 aliphatic carbocycles. The lowest BCUT2D eigenvalue weighted by Crippen LogP contribution is -2.44.